The van der Waals surface area contributed by atoms with Crippen molar-refractivity contribution >= 4 is 17.4 Å². The Morgan fingerprint density at radius 3 is 2.59 bits per heavy atom. The van der Waals surface area contributed by atoms with Crippen molar-refractivity contribution in [2.45, 2.75) is 6.92 Å². The van der Waals surface area contributed by atoms with Crippen LogP contribution in [-0.2, 0) is 9.59 Å². The first-order valence-corrected chi connectivity index (χ1v) is 5.29. The number of hydrogen-bond donors (Lipinski definition) is 1. The first-order valence-electron chi connectivity index (χ1n) is 5.29. The lowest BCUT2D eigenvalue weighted by atomic mass is 10.0. The van der Waals surface area contributed by atoms with Crippen molar-refractivity contribution in [3.8, 4) is 0 Å². The van der Waals surface area contributed by atoms with Gasteiger partial charge in [0.15, 0.2) is 5.78 Å². The summed E-state index contributed by atoms with van der Waals surface area (Å²) in [6.45, 7) is 1.91. The molecule has 0 unspecified atom stereocenters. The van der Waals surface area contributed by atoms with Gasteiger partial charge in [-0.2, -0.15) is 0 Å². The Kier molecular flexibility index (Phi) is 2.71. The number of rotatable bonds is 1. The molecule has 0 bridgehead atoms. The lowest BCUT2D eigenvalue weighted by molar-refractivity contribution is -0.123. The summed E-state index contributed by atoms with van der Waals surface area (Å²) in [5, 5.41) is 10.0. The van der Waals surface area contributed by atoms with Gasteiger partial charge in [0.25, 0.3) is 5.91 Å². The fourth-order valence-electron chi connectivity index (χ4n) is 1.85. The van der Waals surface area contributed by atoms with Crippen molar-refractivity contribution in [1.29, 1.82) is 0 Å². The Hall–Kier alpha value is -2.10. The first kappa shape index (κ1) is 11.4. The summed E-state index contributed by atoms with van der Waals surface area (Å²) in [5.41, 5.74) is 1.34. The largest absolute Gasteiger partial charge is 0.506 e. The third-order valence-electron chi connectivity index (χ3n) is 2.75. The topological polar surface area (TPSA) is 57.6 Å². The van der Waals surface area contributed by atoms with Gasteiger partial charge in [0.1, 0.15) is 11.3 Å². The smallest absolute Gasteiger partial charge is 0.261 e. The number of carbonyl (C=O) groups is 2. The van der Waals surface area contributed by atoms with Gasteiger partial charge in [-0.05, 0) is 13.0 Å². The van der Waals surface area contributed by atoms with Crippen LogP contribution in [0, 0.1) is 6.92 Å². The van der Waals surface area contributed by atoms with E-state index in [1.165, 1.54) is 11.9 Å². The molecule has 0 saturated carbocycles. The Bertz CT molecular complexity index is 531. The highest BCUT2D eigenvalue weighted by Gasteiger charge is 2.34. The minimum absolute atomic E-state index is 0.0318. The zero-order valence-corrected chi connectivity index (χ0v) is 9.73. The second kappa shape index (κ2) is 4.05. The van der Waals surface area contributed by atoms with Crippen molar-refractivity contribution in [2.24, 2.45) is 0 Å². The Morgan fingerprint density at radius 2 is 2.06 bits per heavy atom. The molecule has 1 N–H and O–H groups in total. The number of aliphatic hydroxyl groups excluding tert-OH is 1. The predicted octanol–water partition coefficient (Wildman–Crippen LogP) is 1.31. The van der Waals surface area contributed by atoms with Gasteiger partial charge in [0, 0.05) is 12.6 Å². The number of hydrogen-bond acceptors (Lipinski definition) is 3. The second-order valence-corrected chi connectivity index (χ2v) is 4.18. The van der Waals surface area contributed by atoms with Crippen molar-refractivity contribution in [1.82, 2.24) is 4.90 Å². The van der Waals surface area contributed by atoms with Crippen molar-refractivity contribution in [3.63, 3.8) is 0 Å². The summed E-state index contributed by atoms with van der Waals surface area (Å²) in [6, 6.07) is 7.07. The van der Waals surface area contributed by atoms with E-state index >= 15 is 0 Å². The molecule has 1 fully saturated rings. The van der Waals surface area contributed by atoms with Gasteiger partial charge in [-0.3, -0.25) is 9.59 Å². The van der Waals surface area contributed by atoms with Crippen molar-refractivity contribution in [3.05, 3.63) is 41.0 Å². The minimum atomic E-state index is -0.422. The molecule has 0 atom stereocenters. The number of Topliss-reactive ketones (excluding diaryl/α,β-unsaturated/α-hetero) is 1. The Morgan fingerprint density at radius 1 is 1.35 bits per heavy atom. The summed E-state index contributed by atoms with van der Waals surface area (Å²) in [7, 11) is 1.54. The molecule has 4 heteroatoms. The summed E-state index contributed by atoms with van der Waals surface area (Å²) >= 11 is 0. The van der Waals surface area contributed by atoms with Gasteiger partial charge >= 0.3 is 0 Å². The van der Waals surface area contributed by atoms with E-state index in [9.17, 15) is 14.7 Å². The van der Waals surface area contributed by atoms with E-state index in [2.05, 4.69) is 0 Å². The fraction of sp³-hybridized carbons (Fsp3) is 0.231. The molecule has 0 aromatic heterocycles. The number of likely N-dealkylation sites (tertiary alicyclic amines) is 1. The Labute approximate surface area is 99.2 Å². The van der Waals surface area contributed by atoms with E-state index in [-0.39, 0.29) is 23.7 Å². The zero-order chi connectivity index (χ0) is 12.6. The van der Waals surface area contributed by atoms with Gasteiger partial charge < -0.3 is 10.0 Å². The van der Waals surface area contributed by atoms with Gasteiger partial charge in [0.05, 0.1) is 6.54 Å². The van der Waals surface area contributed by atoms with Gasteiger partial charge in [-0.1, -0.05) is 23.8 Å². The molecule has 17 heavy (non-hydrogen) atoms. The van der Waals surface area contributed by atoms with Gasteiger partial charge in [0.2, 0.25) is 0 Å². The number of amides is 1. The van der Waals surface area contributed by atoms with E-state index in [4.69, 9.17) is 0 Å². The zero-order valence-electron chi connectivity index (χ0n) is 9.73. The van der Waals surface area contributed by atoms with Crippen LogP contribution in [0.5, 0.6) is 0 Å². The van der Waals surface area contributed by atoms with Crippen molar-refractivity contribution < 1.29 is 14.7 Å². The maximum atomic E-state index is 11.7. The first-order chi connectivity index (χ1) is 8.00. The van der Waals surface area contributed by atoms with E-state index in [1.807, 2.05) is 13.0 Å². The molecule has 0 spiro atoms. The minimum Gasteiger partial charge on any atom is -0.506 e. The molecule has 1 amide bonds. The summed E-state index contributed by atoms with van der Waals surface area (Å²) in [6.07, 6.45) is 0. The summed E-state index contributed by atoms with van der Waals surface area (Å²) in [4.78, 5) is 24.6. The lowest BCUT2D eigenvalue weighted by Crippen LogP contribution is -2.19. The molecule has 1 aromatic rings. The van der Waals surface area contributed by atoms with Crippen LogP contribution in [0.1, 0.15) is 11.1 Å². The molecule has 1 aliphatic rings. The molecular formula is C13H13NO3. The standard InChI is InChI=1S/C13H13NO3/c1-8-4-3-5-9(6-8)12(16)11-10(15)7-14(2)13(11)17/h3-6,16H,7H2,1-2H3/b12-11-. The average molecular weight is 231 g/mol. The number of nitrogens with zero attached hydrogens (tertiary/aromatic N) is 1. The third kappa shape index (κ3) is 1.93. The summed E-state index contributed by atoms with van der Waals surface area (Å²) in [5.74, 6) is -0.987. The highest BCUT2D eigenvalue weighted by molar-refractivity contribution is 6.28. The van der Waals surface area contributed by atoms with Crippen LogP contribution in [0.4, 0.5) is 0 Å². The van der Waals surface area contributed by atoms with Crippen LogP contribution in [-0.4, -0.2) is 35.3 Å². The molecule has 4 nitrogen and oxygen atoms in total. The third-order valence-corrected chi connectivity index (χ3v) is 2.75. The quantitative estimate of drug-likeness (QED) is 0.450. The number of carbonyl (C=O) groups excluding carboxylic acids is 2. The molecular weight excluding hydrogens is 218 g/mol. The highest BCUT2D eigenvalue weighted by Crippen LogP contribution is 2.22. The molecule has 88 valence electrons. The molecule has 1 aliphatic heterocycles. The maximum absolute atomic E-state index is 11.7. The molecule has 0 radical (unpaired) electrons. The van der Waals surface area contributed by atoms with Crippen LogP contribution < -0.4 is 0 Å². The Balaban J connectivity index is 2.52. The molecule has 2 rings (SSSR count). The number of likely N-dealkylation sites (N-methyl/N-ethyl adjacent to an activating group) is 1. The van der Waals surface area contributed by atoms with E-state index < -0.39 is 5.91 Å². The van der Waals surface area contributed by atoms with Gasteiger partial charge in [-0.15, -0.1) is 0 Å². The van der Waals surface area contributed by atoms with Crippen LogP contribution in [0.3, 0.4) is 0 Å². The molecule has 1 heterocycles. The molecule has 1 saturated heterocycles. The van der Waals surface area contributed by atoms with Crippen LogP contribution in [0.25, 0.3) is 5.76 Å². The second-order valence-electron chi connectivity index (χ2n) is 4.18. The highest BCUT2D eigenvalue weighted by atomic mass is 16.3. The number of aliphatic hydroxyl groups is 1. The SMILES string of the molecule is Cc1cccc(/C(O)=C2\C(=O)CN(C)C2=O)c1. The van der Waals surface area contributed by atoms with Crippen LogP contribution in [0.2, 0.25) is 0 Å². The summed E-state index contributed by atoms with van der Waals surface area (Å²) < 4.78 is 0. The molecule has 0 aliphatic carbocycles. The van der Waals surface area contributed by atoms with Crippen LogP contribution in [0.15, 0.2) is 29.8 Å². The van der Waals surface area contributed by atoms with E-state index in [0.29, 0.717) is 5.56 Å². The van der Waals surface area contributed by atoms with Crippen molar-refractivity contribution in [2.75, 3.05) is 13.6 Å². The van der Waals surface area contributed by atoms with E-state index in [1.54, 1.807) is 18.2 Å². The molecule has 1 aromatic carbocycles. The fourth-order valence-corrected chi connectivity index (χ4v) is 1.85. The maximum Gasteiger partial charge on any atom is 0.261 e. The number of aryl methyl sites for hydroxylation is 1. The predicted molar refractivity (Wildman–Crippen MR) is 63.4 cm³/mol. The average Bonchev–Trinajstić information content (AvgIpc) is 2.52. The number of ketones is 1. The van der Waals surface area contributed by atoms with E-state index in [0.717, 1.165) is 5.56 Å². The monoisotopic (exact) mass is 231 g/mol. The normalized spacial score (nSPS) is 18.8. The van der Waals surface area contributed by atoms with Gasteiger partial charge in [-0.25, -0.2) is 0 Å². The number of benzene rings is 1. The van der Waals surface area contributed by atoms with Crippen LogP contribution >= 0.6 is 0 Å². The lowest BCUT2D eigenvalue weighted by Gasteiger charge is -2.05.